The first-order chi connectivity index (χ1) is 20.7. The van der Waals surface area contributed by atoms with Gasteiger partial charge in [-0.1, -0.05) is 17.7 Å². The molecule has 0 saturated carbocycles. The van der Waals surface area contributed by atoms with E-state index < -0.39 is 45.8 Å². The largest absolute Gasteiger partial charge is 0.478 e. The molecule has 17 heteroatoms. The van der Waals surface area contributed by atoms with Gasteiger partial charge in [0.2, 0.25) is 0 Å². The number of aliphatic imine (C=N–C) groups is 1. The minimum Gasteiger partial charge on any atom is -0.478 e. The molecule has 4 N–H and O–H groups in total. The Labute approximate surface area is 262 Å². The minimum atomic E-state index is -4.22. The number of carboxylic acid groups (broad SMARTS) is 1. The molecule has 2 bridgehead atoms. The lowest BCUT2D eigenvalue weighted by atomic mass is 9.89. The number of thiazole rings is 1. The standard InChI is InChI=1S/C27H32ClFN6O7S2/c1-27(2,3)42-26(38)34-44(39,40)33-15-9-16-12-41-13-17(10-15)35(16)11-20-21(25(36)37)22(18-5-4-14(29)8-19(18)28)32-23(31-20)24-30-6-7-43-24/h4-8,15-17,22,33H,9-13H2,1-3H3,(H,31,32)(H,34,38)(H,36,37)/t15?,16-,17+,22-/m0/s1. The van der Waals surface area contributed by atoms with Crippen LogP contribution < -0.4 is 14.8 Å². The normalized spacial score (nSPS) is 24.3. The molecule has 1 aromatic heterocycles. The summed E-state index contributed by atoms with van der Waals surface area (Å²) in [5.41, 5.74) is -0.248. The molecule has 1 amide bonds. The van der Waals surface area contributed by atoms with Crippen molar-refractivity contribution in [3.05, 3.63) is 62.5 Å². The lowest BCUT2D eigenvalue weighted by molar-refractivity contribution is -0.133. The van der Waals surface area contributed by atoms with E-state index in [-0.39, 0.29) is 42.4 Å². The zero-order chi connectivity index (χ0) is 31.8. The number of carbonyl (C=O) groups excluding carboxylic acids is 1. The maximum Gasteiger partial charge on any atom is 0.422 e. The third-order valence-electron chi connectivity index (χ3n) is 7.20. The predicted octanol–water partition coefficient (Wildman–Crippen LogP) is 2.96. The number of hydrogen-bond donors (Lipinski definition) is 4. The van der Waals surface area contributed by atoms with E-state index in [0.29, 0.717) is 34.9 Å². The van der Waals surface area contributed by atoms with Gasteiger partial charge < -0.3 is 19.9 Å². The SMILES string of the molecule is CC(C)(C)OC(=O)NS(=O)(=O)NC1C[C@H]2COC[C@@H](C1)N2CC1=C(C(=O)O)[C@H](c2ccc(F)cc2Cl)N=C(c2nccs2)N1. The topological polar surface area (TPSA) is 172 Å². The van der Waals surface area contributed by atoms with E-state index in [2.05, 4.69) is 24.9 Å². The summed E-state index contributed by atoms with van der Waals surface area (Å²) in [5.74, 6) is -1.44. The molecular weight excluding hydrogens is 639 g/mol. The molecule has 1 aromatic carbocycles. The molecule has 2 fully saturated rings. The molecule has 44 heavy (non-hydrogen) atoms. The Morgan fingerprint density at radius 1 is 1.27 bits per heavy atom. The van der Waals surface area contributed by atoms with Gasteiger partial charge >= 0.3 is 22.3 Å². The molecule has 4 atom stereocenters. The number of nitrogens with one attached hydrogen (secondary N) is 3. The zero-order valence-corrected chi connectivity index (χ0v) is 26.4. The third-order valence-corrected chi connectivity index (χ3v) is 9.39. The van der Waals surface area contributed by atoms with Crippen molar-refractivity contribution in [1.82, 2.24) is 24.6 Å². The summed E-state index contributed by atoms with van der Waals surface area (Å²) in [5, 5.41) is 15.9. The van der Waals surface area contributed by atoms with Gasteiger partial charge in [-0.2, -0.15) is 13.1 Å². The van der Waals surface area contributed by atoms with E-state index >= 15 is 0 Å². The number of halogens is 2. The van der Waals surface area contributed by atoms with Crippen LogP contribution in [0.2, 0.25) is 5.02 Å². The number of carboxylic acids is 1. The smallest absolute Gasteiger partial charge is 0.422 e. The Morgan fingerprint density at radius 2 is 1.98 bits per heavy atom. The first-order valence-corrected chi connectivity index (χ1v) is 16.5. The number of nitrogens with zero attached hydrogens (tertiary/aromatic N) is 3. The van der Waals surface area contributed by atoms with Gasteiger partial charge in [0.15, 0.2) is 10.8 Å². The van der Waals surface area contributed by atoms with Gasteiger partial charge in [-0.3, -0.25) is 9.89 Å². The fourth-order valence-electron chi connectivity index (χ4n) is 5.55. The van der Waals surface area contributed by atoms with Crippen LogP contribution >= 0.6 is 22.9 Å². The summed E-state index contributed by atoms with van der Waals surface area (Å²) in [6, 6.07) is 1.61. The highest BCUT2D eigenvalue weighted by molar-refractivity contribution is 7.88. The number of piperidine rings is 1. The van der Waals surface area contributed by atoms with Crippen LogP contribution in [-0.2, 0) is 24.5 Å². The summed E-state index contributed by atoms with van der Waals surface area (Å²) < 4.78 is 54.6. The van der Waals surface area contributed by atoms with Crippen molar-refractivity contribution in [3.8, 4) is 0 Å². The second-order valence-electron chi connectivity index (χ2n) is 11.6. The van der Waals surface area contributed by atoms with Crippen molar-refractivity contribution in [3.63, 3.8) is 0 Å². The molecule has 3 aliphatic heterocycles. The number of amidine groups is 1. The van der Waals surface area contributed by atoms with E-state index in [1.807, 2.05) is 4.72 Å². The Bertz CT molecular complexity index is 1580. The number of fused-ring (bicyclic) bond motifs is 2. The fourth-order valence-corrected chi connectivity index (χ4v) is 7.36. The van der Waals surface area contributed by atoms with Crippen LogP contribution in [0.1, 0.15) is 50.2 Å². The molecule has 4 heterocycles. The van der Waals surface area contributed by atoms with Crippen LogP contribution in [0.4, 0.5) is 9.18 Å². The van der Waals surface area contributed by atoms with Crippen molar-refractivity contribution in [2.24, 2.45) is 4.99 Å². The lowest BCUT2D eigenvalue weighted by Gasteiger charge is -2.49. The van der Waals surface area contributed by atoms with Gasteiger partial charge in [0.05, 0.1) is 18.8 Å². The molecule has 2 aromatic rings. The van der Waals surface area contributed by atoms with E-state index in [1.54, 1.807) is 32.3 Å². The van der Waals surface area contributed by atoms with Crippen LogP contribution in [-0.4, -0.2) is 84.8 Å². The van der Waals surface area contributed by atoms with Gasteiger partial charge in [0.1, 0.15) is 17.5 Å². The number of rotatable bonds is 8. The van der Waals surface area contributed by atoms with Crippen LogP contribution in [0, 0.1) is 5.82 Å². The minimum absolute atomic E-state index is 0.0376. The molecule has 0 radical (unpaired) electrons. The third kappa shape index (κ3) is 7.55. The highest BCUT2D eigenvalue weighted by Gasteiger charge is 2.42. The van der Waals surface area contributed by atoms with Crippen LogP contribution in [0.5, 0.6) is 0 Å². The molecule has 1 unspecified atom stereocenters. The Kier molecular flexibility index (Phi) is 9.30. The number of benzene rings is 1. The molecule has 0 aliphatic carbocycles. The van der Waals surface area contributed by atoms with E-state index in [4.69, 9.17) is 21.1 Å². The summed E-state index contributed by atoms with van der Waals surface area (Å²) in [6.45, 7) is 5.58. The molecular formula is C27H32ClFN6O7S2. The molecule has 0 spiro atoms. The second-order valence-corrected chi connectivity index (χ2v) is 14.4. The van der Waals surface area contributed by atoms with Crippen molar-refractivity contribution >= 4 is 51.0 Å². The maximum absolute atomic E-state index is 13.9. The van der Waals surface area contributed by atoms with Gasteiger partial charge in [-0.05, 0) is 45.7 Å². The number of aliphatic carboxylic acids is 1. The van der Waals surface area contributed by atoms with Crippen molar-refractivity contribution in [2.75, 3.05) is 19.8 Å². The maximum atomic E-state index is 13.9. The van der Waals surface area contributed by atoms with E-state index in [9.17, 15) is 27.5 Å². The van der Waals surface area contributed by atoms with E-state index in [0.717, 1.165) is 6.07 Å². The first kappa shape index (κ1) is 32.2. The van der Waals surface area contributed by atoms with Crippen molar-refractivity contribution in [2.45, 2.75) is 63.4 Å². The number of carbonyl (C=O) groups is 2. The van der Waals surface area contributed by atoms with Crippen LogP contribution in [0.15, 0.2) is 46.0 Å². The molecule has 13 nitrogen and oxygen atoms in total. The molecule has 2 saturated heterocycles. The Morgan fingerprint density at radius 3 is 2.57 bits per heavy atom. The first-order valence-electron chi connectivity index (χ1n) is 13.7. The zero-order valence-electron chi connectivity index (χ0n) is 24.0. The summed E-state index contributed by atoms with van der Waals surface area (Å²) >= 11 is 7.69. The van der Waals surface area contributed by atoms with Crippen molar-refractivity contribution < 1.29 is 37.0 Å². The number of hydrogen-bond acceptors (Lipinski definition) is 11. The van der Waals surface area contributed by atoms with Gasteiger partial charge in [0, 0.05) is 52.5 Å². The quantitative estimate of drug-likeness (QED) is 0.327. The van der Waals surface area contributed by atoms with Gasteiger partial charge in [0.25, 0.3) is 0 Å². The molecule has 3 aliphatic rings. The number of morpholine rings is 1. The molecule has 238 valence electrons. The second kappa shape index (κ2) is 12.7. The van der Waals surface area contributed by atoms with Gasteiger partial charge in [-0.25, -0.2) is 23.7 Å². The van der Waals surface area contributed by atoms with Crippen LogP contribution in [0.3, 0.4) is 0 Å². The lowest BCUT2D eigenvalue weighted by Crippen LogP contribution is -2.62. The van der Waals surface area contributed by atoms with Gasteiger partial charge in [-0.15, -0.1) is 11.3 Å². The molecule has 5 rings (SSSR count). The van der Waals surface area contributed by atoms with Crippen molar-refractivity contribution in [1.29, 1.82) is 0 Å². The van der Waals surface area contributed by atoms with Crippen LogP contribution in [0.25, 0.3) is 0 Å². The number of amides is 1. The summed E-state index contributed by atoms with van der Waals surface area (Å²) in [4.78, 5) is 35.8. The predicted molar refractivity (Wildman–Crippen MR) is 160 cm³/mol. The number of aromatic nitrogens is 1. The Balaban J connectivity index is 1.40. The average Bonchev–Trinajstić information content (AvgIpc) is 3.42. The Hall–Kier alpha value is -3.15. The fraction of sp³-hybridized carbons (Fsp3) is 0.481. The van der Waals surface area contributed by atoms with E-state index in [1.165, 1.54) is 23.5 Å². The average molecular weight is 671 g/mol. The summed E-state index contributed by atoms with van der Waals surface area (Å²) in [7, 11) is -4.22. The summed E-state index contributed by atoms with van der Waals surface area (Å²) in [6.07, 6.45) is 1.19. The monoisotopic (exact) mass is 670 g/mol. The highest BCUT2D eigenvalue weighted by atomic mass is 35.5. The number of ether oxygens (including phenoxy) is 2. The highest BCUT2D eigenvalue weighted by Crippen LogP contribution is 2.37.